The Balaban J connectivity index is 1.37. The van der Waals surface area contributed by atoms with Crippen LogP contribution in [0.2, 0.25) is 0 Å². The highest BCUT2D eigenvalue weighted by atomic mass is 16.5. The molecule has 0 bridgehead atoms. The Morgan fingerprint density at radius 2 is 1.73 bits per heavy atom. The summed E-state index contributed by atoms with van der Waals surface area (Å²) in [6.45, 7) is 3.45. The molecule has 5 rings (SSSR count). The highest BCUT2D eigenvalue weighted by Gasteiger charge is 2.28. The van der Waals surface area contributed by atoms with Gasteiger partial charge in [-0.15, -0.1) is 0 Å². The van der Waals surface area contributed by atoms with Crippen molar-refractivity contribution in [1.29, 1.82) is 0 Å². The van der Waals surface area contributed by atoms with Gasteiger partial charge in [-0.2, -0.15) is 0 Å². The van der Waals surface area contributed by atoms with Crippen LogP contribution in [0.5, 0.6) is 5.75 Å². The van der Waals surface area contributed by atoms with Gasteiger partial charge < -0.3 is 14.2 Å². The Hall–Kier alpha value is -3.60. The summed E-state index contributed by atoms with van der Waals surface area (Å²) in [4.78, 5) is 20.2. The van der Waals surface area contributed by atoms with Crippen molar-refractivity contribution in [2.45, 2.75) is 32.2 Å². The number of ether oxygens (including phenoxy) is 1. The minimum Gasteiger partial charge on any atom is -0.497 e. The maximum Gasteiger partial charge on any atom is 0.254 e. The summed E-state index contributed by atoms with van der Waals surface area (Å²) in [6.07, 6.45) is 2.64. The molecular weight excluding hydrogens is 410 g/mol. The van der Waals surface area contributed by atoms with E-state index in [-0.39, 0.29) is 5.91 Å². The van der Waals surface area contributed by atoms with Crippen molar-refractivity contribution < 1.29 is 9.53 Å². The number of aromatic nitrogens is 2. The van der Waals surface area contributed by atoms with E-state index in [9.17, 15) is 4.79 Å². The molecule has 1 amide bonds. The molecule has 4 aromatic rings. The number of carbonyl (C=O) groups excluding carboxylic acids is 1. The number of likely N-dealkylation sites (tertiary alicyclic amines) is 1. The largest absolute Gasteiger partial charge is 0.497 e. The average molecular weight is 440 g/mol. The Morgan fingerprint density at radius 1 is 1.00 bits per heavy atom. The third-order valence-electron chi connectivity index (χ3n) is 6.65. The third kappa shape index (κ3) is 4.23. The number of hydrogen-bond acceptors (Lipinski definition) is 3. The lowest BCUT2D eigenvalue weighted by Gasteiger charge is -2.34. The van der Waals surface area contributed by atoms with Crippen molar-refractivity contribution >= 4 is 16.9 Å². The number of hydrogen-bond donors (Lipinski definition) is 0. The highest BCUT2D eigenvalue weighted by molar-refractivity contribution is 5.95. The first-order valence-electron chi connectivity index (χ1n) is 11.6. The first-order chi connectivity index (χ1) is 16.1. The number of nitrogens with zero attached hydrogens (tertiary/aromatic N) is 3. The van der Waals surface area contributed by atoms with Gasteiger partial charge in [0.2, 0.25) is 0 Å². The second kappa shape index (κ2) is 9.10. The lowest BCUT2D eigenvalue weighted by atomic mass is 10.0. The fourth-order valence-corrected chi connectivity index (χ4v) is 4.91. The fourth-order valence-electron chi connectivity index (χ4n) is 4.91. The van der Waals surface area contributed by atoms with Crippen LogP contribution in [0, 0.1) is 6.92 Å². The number of carbonyl (C=O) groups is 1. The van der Waals surface area contributed by atoms with E-state index >= 15 is 0 Å². The summed E-state index contributed by atoms with van der Waals surface area (Å²) in [7, 11) is 1.65. The molecule has 5 nitrogen and oxygen atoms in total. The van der Waals surface area contributed by atoms with Crippen LogP contribution in [0.1, 0.15) is 46.2 Å². The number of fused-ring (bicyclic) bond motifs is 1. The van der Waals surface area contributed by atoms with Crippen LogP contribution < -0.4 is 4.74 Å². The summed E-state index contributed by atoms with van der Waals surface area (Å²) in [5, 5.41) is 0. The van der Waals surface area contributed by atoms with Crippen LogP contribution in [0.3, 0.4) is 0 Å². The van der Waals surface area contributed by atoms with E-state index in [1.54, 1.807) is 7.11 Å². The van der Waals surface area contributed by atoms with Gasteiger partial charge in [-0.3, -0.25) is 4.79 Å². The number of amides is 1. The Bertz CT molecular complexity index is 1270. The Kier molecular flexibility index (Phi) is 5.86. The number of rotatable bonds is 5. The van der Waals surface area contributed by atoms with Crippen LogP contribution >= 0.6 is 0 Å². The topological polar surface area (TPSA) is 47.4 Å². The zero-order valence-corrected chi connectivity index (χ0v) is 19.2. The number of imidazole rings is 1. The minimum absolute atomic E-state index is 0.105. The molecule has 2 heterocycles. The van der Waals surface area contributed by atoms with Crippen molar-refractivity contribution in [2.75, 3.05) is 20.2 Å². The summed E-state index contributed by atoms with van der Waals surface area (Å²) in [5.41, 5.74) is 5.19. The van der Waals surface area contributed by atoms with E-state index in [0.717, 1.165) is 60.6 Å². The molecular formula is C28H29N3O2. The summed E-state index contributed by atoms with van der Waals surface area (Å²) in [6, 6.07) is 24.9. The summed E-state index contributed by atoms with van der Waals surface area (Å²) in [5.74, 6) is 1.98. The van der Waals surface area contributed by atoms with Gasteiger partial charge in [0.15, 0.2) is 0 Å². The Morgan fingerprint density at radius 3 is 2.45 bits per heavy atom. The second-order valence-electron chi connectivity index (χ2n) is 8.75. The van der Waals surface area contributed by atoms with Crippen molar-refractivity contribution in [3.8, 4) is 5.75 Å². The van der Waals surface area contributed by atoms with Crippen LogP contribution in [0.15, 0.2) is 72.8 Å². The molecule has 0 radical (unpaired) electrons. The standard InChI is InChI=1S/C28H29N3O2/c1-20-18-23(33-2)12-13-24(20)28(32)30-16-14-22(15-17-30)31-26-11-7-6-10-25(26)29-27(31)19-21-8-4-3-5-9-21/h3-13,18,22H,14-17,19H2,1-2H3. The number of benzene rings is 3. The van der Waals surface area contributed by atoms with Gasteiger partial charge >= 0.3 is 0 Å². The average Bonchev–Trinajstić information content (AvgIpc) is 3.22. The van der Waals surface area contributed by atoms with Crippen molar-refractivity contribution in [2.24, 2.45) is 0 Å². The molecule has 0 aliphatic carbocycles. The van der Waals surface area contributed by atoms with E-state index in [1.807, 2.05) is 42.2 Å². The molecule has 33 heavy (non-hydrogen) atoms. The number of para-hydroxylation sites is 2. The molecule has 1 saturated heterocycles. The number of aryl methyl sites for hydroxylation is 1. The quantitative estimate of drug-likeness (QED) is 0.417. The molecule has 0 spiro atoms. The lowest BCUT2D eigenvalue weighted by Crippen LogP contribution is -2.39. The van der Waals surface area contributed by atoms with Gasteiger partial charge in [-0.05, 0) is 61.2 Å². The molecule has 0 unspecified atom stereocenters. The molecule has 0 saturated carbocycles. The number of piperidine rings is 1. The summed E-state index contributed by atoms with van der Waals surface area (Å²) >= 11 is 0. The van der Waals surface area contributed by atoms with E-state index in [2.05, 4.69) is 47.0 Å². The van der Waals surface area contributed by atoms with E-state index < -0.39 is 0 Å². The SMILES string of the molecule is COc1ccc(C(=O)N2CCC(n3c(Cc4ccccc4)nc4ccccc43)CC2)c(C)c1. The van der Waals surface area contributed by atoms with Crippen LogP contribution in [0.4, 0.5) is 0 Å². The molecule has 5 heteroatoms. The molecule has 168 valence electrons. The Labute approximate surface area is 194 Å². The molecule has 1 aliphatic rings. The zero-order valence-electron chi connectivity index (χ0n) is 19.2. The maximum atomic E-state index is 13.2. The van der Waals surface area contributed by atoms with Crippen LogP contribution in [0.25, 0.3) is 11.0 Å². The molecule has 1 aliphatic heterocycles. The van der Waals surface area contributed by atoms with E-state index in [4.69, 9.17) is 9.72 Å². The van der Waals surface area contributed by atoms with Gasteiger partial charge in [0.25, 0.3) is 5.91 Å². The van der Waals surface area contributed by atoms with Crippen molar-refractivity contribution in [1.82, 2.24) is 14.5 Å². The van der Waals surface area contributed by atoms with Gasteiger partial charge in [0.05, 0.1) is 18.1 Å². The van der Waals surface area contributed by atoms with Crippen molar-refractivity contribution in [3.63, 3.8) is 0 Å². The van der Waals surface area contributed by atoms with Gasteiger partial charge in [0, 0.05) is 31.1 Å². The predicted molar refractivity (Wildman–Crippen MR) is 131 cm³/mol. The molecule has 1 aromatic heterocycles. The fraction of sp³-hybridized carbons (Fsp3) is 0.286. The smallest absolute Gasteiger partial charge is 0.254 e. The van der Waals surface area contributed by atoms with Crippen LogP contribution in [-0.4, -0.2) is 40.6 Å². The lowest BCUT2D eigenvalue weighted by molar-refractivity contribution is 0.0694. The van der Waals surface area contributed by atoms with E-state index in [0.29, 0.717) is 6.04 Å². The van der Waals surface area contributed by atoms with Crippen LogP contribution in [-0.2, 0) is 6.42 Å². The second-order valence-corrected chi connectivity index (χ2v) is 8.75. The summed E-state index contributed by atoms with van der Waals surface area (Å²) < 4.78 is 7.71. The normalized spacial score (nSPS) is 14.5. The molecule has 1 fully saturated rings. The predicted octanol–water partition coefficient (Wildman–Crippen LogP) is 5.42. The first kappa shape index (κ1) is 21.3. The van der Waals surface area contributed by atoms with Crippen molar-refractivity contribution in [3.05, 3.63) is 95.3 Å². The number of methoxy groups -OCH3 is 1. The molecule has 3 aromatic carbocycles. The monoisotopic (exact) mass is 439 g/mol. The molecule has 0 N–H and O–H groups in total. The third-order valence-corrected chi connectivity index (χ3v) is 6.65. The maximum absolute atomic E-state index is 13.2. The minimum atomic E-state index is 0.105. The van der Waals surface area contributed by atoms with Gasteiger partial charge in [-0.1, -0.05) is 42.5 Å². The first-order valence-corrected chi connectivity index (χ1v) is 11.6. The zero-order chi connectivity index (χ0) is 22.8. The van der Waals surface area contributed by atoms with Gasteiger partial charge in [-0.25, -0.2) is 4.98 Å². The van der Waals surface area contributed by atoms with E-state index in [1.165, 1.54) is 11.1 Å². The van der Waals surface area contributed by atoms with Gasteiger partial charge in [0.1, 0.15) is 11.6 Å². The highest BCUT2D eigenvalue weighted by Crippen LogP contribution is 2.31. The molecule has 0 atom stereocenters.